The highest BCUT2D eigenvalue weighted by atomic mass is 35.5. The van der Waals surface area contributed by atoms with Crippen molar-refractivity contribution in [1.82, 2.24) is 15.1 Å². The lowest BCUT2D eigenvalue weighted by atomic mass is 10.1. The van der Waals surface area contributed by atoms with Gasteiger partial charge in [-0.05, 0) is 19.4 Å². The number of benzene rings is 1. The number of rotatable bonds is 6. The van der Waals surface area contributed by atoms with Crippen LogP contribution >= 0.6 is 11.6 Å². The Kier molecular flexibility index (Phi) is 5.26. The lowest BCUT2D eigenvalue weighted by molar-refractivity contribution is 0.401. The van der Waals surface area contributed by atoms with E-state index in [1.54, 1.807) is 7.11 Å². The van der Waals surface area contributed by atoms with Gasteiger partial charge in [-0.1, -0.05) is 36.7 Å². The zero-order valence-corrected chi connectivity index (χ0v) is 13.7. The molecule has 0 aliphatic carbocycles. The third kappa shape index (κ3) is 3.39. The second kappa shape index (κ2) is 6.96. The maximum atomic E-state index is 6.37. The molecule has 1 aromatic carbocycles. The van der Waals surface area contributed by atoms with Gasteiger partial charge in [0, 0.05) is 25.2 Å². The topological polar surface area (TPSA) is 39.1 Å². The smallest absolute Gasteiger partial charge is 0.123 e. The van der Waals surface area contributed by atoms with Crippen LogP contribution in [0.1, 0.15) is 36.8 Å². The average molecular weight is 308 g/mol. The summed E-state index contributed by atoms with van der Waals surface area (Å²) in [5, 5.41) is 8.68. The standard InChI is InChI=1S/C16H22ClN3O/c1-5-13-16(17)14(20(3)19-13)10-18-11(2)12-8-6-7-9-15(12)21-4/h6-9,11,18H,5,10H2,1-4H3/t11-/m0/s1. The van der Waals surface area contributed by atoms with Crippen LogP contribution in [-0.2, 0) is 20.0 Å². The Morgan fingerprint density at radius 1 is 1.38 bits per heavy atom. The molecule has 0 fully saturated rings. The Labute approximate surface area is 131 Å². The third-order valence-electron chi connectivity index (χ3n) is 3.68. The van der Waals surface area contributed by atoms with Gasteiger partial charge in [0.05, 0.1) is 23.5 Å². The molecule has 0 aliphatic rings. The Hall–Kier alpha value is -1.52. The van der Waals surface area contributed by atoms with E-state index in [1.807, 2.05) is 29.9 Å². The van der Waals surface area contributed by atoms with Gasteiger partial charge in [0.2, 0.25) is 0 Å². The lowest BCUT2D eigenvalue weighted by Crippen LogP contribution is -2.20. The molecule has 1 aromatic heterocycles. The van der Waals surface area contributed by atoms with Crippen LogP contribution in [0.15, 0.2) is 24.3 Å². The molecular formula is C16H22ClN3O. The van der Waals surface area contributed by atoms with E-state index in [1.165, 1.54) is 0 Å². The zero-order valence-electron chi connectivity index (χ0n) is 13.0. The van der Waals surface area contributed by atoms with Gasteiger partial charge >= 0.3 is 0 Å². The highest BCUT2D eigenvalue weighted by Gasteiger charge is 2.15. The van der Waals surface area contributed by atoms with Gasteiger partial charge in [0.15, 0.2) is 0 Å². The summed E-state index contributed by atoms with van der Waals surface area (Å²) in [5.41, 5.74) is 3.09. The third-order valence-corrected chi connectivity index (χ3v) is 4.12. The van der Waals surface area contributed by atoms with Gasteiger partial charge in [-0.15, -0.1) is 0 Å². The van der Waals surface area contributed by atoms with Gasteiger partial charge in [-0.3, -0.25) is 4.68 Å². The van der Waals surface area contributed by atoms with E-state index in [2.05, 4.69) is 30.3 Å². The van der Waals surface area contributed by atoms with Crippen LogP contribution in [0.25, 0.3) is 0 Å². The van der Waals surface area contributed by atoms with Crippen molar-refractivity contribution in [3.8, 4) is 5.75 Å². The summed E-state index contributed by atoms with van der Waals surface area (Å²) < 4.78 is 7.25. The highest BCUT2D eigenvalue weighted by Crippen LogP contribution is 2.26. The highest BCUT2D eigenvalue weighted by molar-refractivity contribution is 6.31. The predicted molar refractivity (Wildman–Crippen MR) is 85.8 cm³/mol. The molecule has 1 N–H and O–H groups in total. The Morgan fingerprint density at radius 2 is 2.10 bits per heavy atom. The summed E-state index contributed by atoms with van der Waals surface area (Å²) in [7, 11) is 3.62. The van der Waals surface area contributed by atoms with Gasteiger partial charge in [-0.25, -0.2) is 0 Å². The minimum absolute atomic E-state index is 0.164. The van der Waals surface area contributed by atoms with Crippen molar-refractivity contribution in [2.24, 2.45) is 7.05 Å². The first-order chi connectivity index (χ1) is 10.1. The van der Waals surface area contributed by atoms with E-state index >= 15 is 0 Å². The van der Waals surface area contributed by atoms with Crippen molar-refractivity contribution in [2.45, 2.75) is 32.9 Å². The number of hydrogen-bond acceptors (Lipinski definition) is 3. The van der Waals surface area contributed by atoms with Crippen LogP contribution in [-0.4, -0.2) is 16.9 Å². The molecule has 0 radical (unpaired) electrons. The molecule has 0 saturated carbocycles. The summed E-state index contributed by atoms with van der Waals surface area (Å²) >= 11 is 6.37. The number of aryl methyl sites for hydroxylation is 2. The van der Waals surface area contributed by atoms with Crippen LogP contribution < -0.4 is 10.1 Å². The molecule has 2 aromatic rings. The first-order valence-electron chi connectivity index (χ1n) is 7.15. The van der Waals surface area contributed by atoms with E-state index in [9.17, 15) is 0 Å². The molecule has 0 spiro atoms. The molecule has 0 saturated heterocycles. The normalized spacial score (nSPS) is 12.4. The molecule has 114 valence electrons. The molecule has 0 amide bonds. The van der Waals surface area contributed by atoms with E-state index in [-0.39, 0.29) is 6.04 Å². The number of hydrogen-bond donors (Lipinski definition) is 1. The Morgan fingerprint density at radius 3 is 2.71 bits per heavy atom. The van der Waals surface area contributed by atoms with Gasteiger partial charge in [0.1, 0.15) is 5.75 Å². The molecule has 0 unspecified atom stereocenters. The van der Waals surface area contributed by atoms with Crippen molar-refractivity contribution < 1.29 is 4.74 Å². The summed E-state index contributed by atoms with van der Waals surface area (Å²) in [4.78, 5) is 0. The van der Waals surface area contributed by atoms with Crippen molar-refractivity contribution >= 4 is 11.6 Å². The van der Waals surface area contributed by atoms with Crippen molar-refractivity contribution in [3.05, 3.63) is 46.2 Å². The number of para-hydroxylation sites is 1. The van der Waals surface area contributed by atoms with Crippen LogP contribution in [0.2, 0.25) is 5.02 Å². The Bertz CT molecular complexity index is 610. The van der Waals surface area contributed by atoms with Crippen molar-refractivity contribution in [2.75, 3.05) is 7.11 Å². The van der Waals surface area contributed by atoms with Crippen molar-refractivity contribution in [3.63, 3.8) is 0 Å². The monoisotopic (exact) mass is 307 g/mol. The number of halogens is 1. The fourth-order valence-corrected chi connectivity index (χ4v) is 2.76. The first-order valence-corrected chi connectivity index (χ1v) is 7.52. The van der Waals surface area contributed by atoms with Crippen LogP contribution in [0.4, 0.5) is 0 Å². The molecular weight excluding hydrogens is 286 g/mol. The van der Waals surface area contributed by atoms with Crippen LogP contribution in [0.5, 0.6) is 5.75 Å². The SMILES string of the molecule is CCc1nn(C)c(CN[C@@H](C)c2ccccc2OC)c1Cl. The fraction of sp³-hybridized carbons (Fsp3) is 0.438. The number of nitrogens with zero attached hydrogens (tertiary/aromatic N) is 2. The molecule has 5 heteroatoms. The minimum atomic E-state index is 0.164. The molecule has 0 aliphatic heterocycles. The van der Waals surface area contributed by atoms with Gasteiger partial charge < -0.3 is 10.1 Å². The molecule has 1 heterocycles. The number of methoxy groups -OCH3 is 1. The number of nitrogens with one attached hydrogen (secondary N) is 1. The van der Waals surface area contributed by atoms with Gasteiger partial charge in [0.25, 0.3) is 0 Å². The Balaban J connectivity index is 2.11. The summed E-state index contributed by atoms with van der Waals surface area (Å²) in [6, 6.07) is 8.19. The quantitative estimate of drug-likeness (QED) is 0.888. The molecule has 4 nitrogen and oxygen atoms in total. The average Bonchev–Trinajstić information content (AvgIpc) is 2.78. The lowest BCUT2D eigenvalue weighted by Gasteiger charge is -2.17. The first kappa shape index (κ1) is 15.9. The minimum Gasteiger partial charge on any atom is -0.496 e. The largest absolute Gasteiger partial charge is 0.496 e. The summed E-state index contributed by atoms with van der Waals surface area (Å²) in [6.45, 7) is 4.84. The molecule has 0 bridgehead atoms. The van der Waals surface area contributed by atoms with Crippen LogP contribution in [0.3, 0.4) is 0 Å². The zero-order chi connectivity index (χ0) is 15.4. The number of ether oxygens (including phenoxy) is 1. The number of aromatic nitrogens is 2. The van der Waals surface area contributed by atoms with E-state index in [4.69, 9.17) is 16.3 Å². The molecule has 2 rings (SSSR count). The van der Waals surface area contributed by atoms with E-state index in [0.717, 1.165) is 34.1 Å². The van der Waals surface area contributed by atoms with E-state index in [0.29, 0.717) is 6.54 Å². The van der Waals surface area contributed by atoms with Gasteiger partial charge in [-0.2, -0.15) is 5.10 Å². The van der Waals surface area contributed by atoms with E-state index < -0.39 is 0 Å². The predicted octanol–water partition coefficient (Wildman–Crippen LogP) is 3.50. The second-order valence-corrected chi connectivity index (χ2v) is 5.41. The maximum Gasteiger partial charge on any atom is 0.123 e. The summed E-state index contributed by atoms with van der Waals surface area (Å²) in [5.74, 6) is 0.892. The molecule has 1 atom stereocenters. The maximum absolute atomic E-state index is 6.37. The summed E-state index contributed by atoms with van der Waals surface area (Å²) in [6.07, 6.45) is 0.842. The van der Waals surface area contributed by atoms with Crippen LogP contribution in [0, 0.1) is 0 Å². The second-order valence-electron chi connectivity index (χ2n) is 5.03. The fourth-order valence-electron chi connectivity index (χ4n) is 2.40. The van der Waals surface area contributed by atoms with Crippen molar-refractivity contribution in [1.29, 1.82) is 0 Å². The molecule has 21 heavy (non-hydrogen) atoms.